The molecule has 0 bridgehead atoms. The summed E-state index contributed by atoms with van der Waals surface area (Å²) in [7, 11) is 0. The normalized spacial score (nSPS) is 12.1. The third-order valence-corrected chi connectivity index (χ3v) is 3.39. The Morgan fingerprint density at radius 1 is 1.43 bits per heavy atom. The van der Waals surface area contributed by atoms with E-state index >= 15 is 0 Å². The highest BCUT2D eigenvalue weighted by Crippen LogP contribution is 2.20. The largest absolute Gasteiger partial charge is 0.326 e. The predicted molar refractivity (Wildman–Crippen MR) is 81.7 cm³/mol. The van der Waals surface area contributed by atoms with Gasteiger partial charge in [0.2, 0.25) is 0 Å². The summed E-state index contributed by atoms with van der Waals surface area (Å²) in [4.78, 5) is 26.4. The zero-order valence-electron chi connectivity index (χ0n) is 12.5. The molecule has 0 spiro atoms. The quantitative estimate of drug-likeness (QED) is 0.789. The van der Waals surface area contributed by atoms with Crippen LogP contribution in [0.2, 0.25) is 0 Å². The third-order valence-electron chi connectivity index (χ3n) is 3.39. The van der Waals surface area contributed by atoms with Gasteiger partial charge in [-0.2, -0.15) is 5.10 Å². The van der Waals surface area contributed by atoms with Crippen LogP contribution in [0.3, 0.4) is 0 Å². The molecule has 2 heterocycles. The topological polar surface area (TPSA) is 90.6 Å². The van der Waals surface area contributed by atoms with Crippen molar-refractivity contribution in [2.45, 2.75) is 39.5 Å². The number of anilines is 1. The number of rotatable bonds is 5. The minimum atomic E-state index is -0.461. The average Bonchev–Trinajstić information content (AvgIpc) is 2.87. The van der Waals surface area contributed by atoms with E-state index in [1.54, 1.807) is 19.1 Å². The molecule has 1 unspecified atom stereocenters. The van der Waals surface area contributed by atoms with E-state index in [0.29, 0.717) is 17.4 Å². The number of aryl methyl sites for hydroxylation is 1. The van der Waals surface area contributed by atoms with Gasteiger partial charge in [-0.3, -0.25) is 14.7 Å². The van der Waals surface area contributed by atoms with Crippen LogP contribution >= 0.6 is 0 Å². The fourth-order valence-corrected chi connectivity index (χ4v) is 2.18. The van der Waals surface area contributed by atoms with Gasteiger partial charge in [0.05, 0.1) is 0 Å². The summed E-state index contributed by atoms with van der Waals surface area (Å²) in [6, 6.07) is 5.01. The predicted octanol–water partition coefficient (Wildman–Crippen LogP) is 2.56. The Balaban J connectivity index is 2.11. The number of hydrogen-bond donors (Lipinski definition) is 3. The molecule has 6 nitrogen and oxygen atoms in total. The molecule has 3 N–H and O–H groups in total. The maximum Gasteiger partial charge on any atom is 0.262 e. The van der Waals surface area contributed by atoms with Gasteiger partial charge in [-0.15, -0.1) is 0 Å². The van der Waals surface area contributed by atoms with Gasteiger partial charge in [0.25, 0.3) is 11.5 Å². The zero-order valence-corrected chi connectivity index (χ0v) is 12.5. The van der Waals surface area contributed by atoms with E-state index in [4.69, 9.17) is 0 Å². The van der Waals surface area contributed by atoms with Crippen molar-refractivity contribution in [3.05, 3.63) is 45.5 Å². The average molecular weight is 288 g/mol. The molecule has 0 aromatic carbocycles. The minimum Gasteiger partial charge on any atom is -0.326 e. The van der Waals surface area contributed by atoms with Crippen molar-refractivity contribution in [2.24, 2.45) is 0 Å². The van der Waals surface area contributed by atoms with Crippen LogP contribution in [0.1, 0.15) is 54.4 Å². The molecule has 6 heteroatoms. The molecular formula is C15H20N4O2. The van der Waals surface area contributed by atoms with Gasteiger partial charge in [0, 0.05) is 17.5 Å². The Labute approximate surface area is 123 Å². The Hall–Kier alpha value is -2.37. The van der Waals surface area contributed by atoms with Crippen LogP contribution in [0, 0.1) is 6.92 Å². The lowest BCUT2D eigenvalue weighted by Gasteiger charge is -2.05. The van der Waals surface area contributed by atoms with Crippen molar-refractivity contribution >= 4 is 11.7 Å². The van der Waals surface area contributed by atoms with Gasteiger partial charge in [-0.25, -0.2) is 0 Å². The monoisotopic (exact) mass is 288 g/mol. The number of H-pyrrole nitrogens is 2. The van der Waals surface area contributed by atoms with Crippen LogP contribution in [0.4, 0.5) is 5.82 Å². The molecule has 0 fully saturated rings. The maximum absolute atomic E-state index is 12.1. The molecule has 2 rings (SSSR count). The molecular weight excluding hydrogens is 268 g/mol. The number of hydrogen-bond acceptors (Lipinski definition) is 3. The third kappa shape index (κ3) is 3.59. The van der Waals surface area contributed by atoms with Gasteiger partial charge in [0.1, 0.15) is 5.56 Å². The first-order valence-corrected chi connectivity index (χ1v) is 7.07. The summed E-state index contributed by atoms with van der Waals surface area (Å²) in [5.74, 6) is 0.325. The maximum atomic E-state index is 12.1. The highest BCUT2D eigenvalue weighted by atomic mass is 16.2. The van der Waals surface area contributed by atoms with Crippen LogP contribution in [-0.2, 0) is 0 Å². The highest BCUT2D eigenvalue weighted by molar-refractivity contribution is 6.03. The molecule has 0 aliphatic heterocycles. The molecule has 0 saturated heterocycles. The van der Waals surface area contributed by atoms with Crippen LogP contribution < -0.4 is 10.9 Å². The second kappa shape index (κ2) is 6.39. The molecule has 1 amide bonds. The molecule has 0 aliphatic rings. The van der Waals surface area contributed by atoms with E-state index in [9.17, 15) is 9.59 Å². The Morgan fingerprint density at radius 2 is 2.19 bits per heavy atom. The molecule has 2 aromatic heterocycles. The van der Waals surface area contributed by atoms with Gasteiger partial charge in [0.15, 0.2) is 5.82 Å². The van der Waals surface area contributed by atoms with E-state index in [0.717, 1.165) is 18.5 Å². The van der Waals surface area contributed by atoms with Gasteiger partial charge in [-0.05, 0) is 31.4 Å². The molecule has 21 heavy (non-hydrogen) atoms. The summed E-state index contributed by atoms with van der Waals surface area (Å²) >= 11 is 0. The van der Waals surface area contributed by atoms with Gasteiger partial charge >= 0.3 is 0 Å². The number of pyridine rings is 1. The van der Waals surface area contributed by atoms with Crippen LogP contribution in [0.25, 0.3) is 0 Å². The number of aromatic nitrogens is 3. The van der Waals surface area contributed by atoms with E-state index in [1.807, 2.05) is 0 Å². The van der Waals surface area contributed by atoms with Crippen molar-refractivity contribution in [1.82, 2.24) is 15.2 Å². The number of amides is 1. The lowest BCUT2D eigenvalue weighted by atomic mass is 10.0. The fourth-order valence-electron chi connectivity index (χ4n) is 2.18. The lowest BCUT2D eigenvalue weighted by Crippen LogP contribution is -2.23. The number of aromatic amines is 2. The molecule has 0 aliphatic carbocycles. The molecule has 1 atom stereocenters. The van der Waals surface area contributed by atoms with Crippen LogP contribution in [0.15, 0.2) is 23.0 Å². The number of nitrogens with zero attached hydrogens (tertiary/aromatic N) is 1. The van der Waals surface area contributed by atoms with Crippen LogP contribution in [-0.4, -0.2) is 21.1 Å². The molecule has 0 radical (unpaired) electrons. The first-order chi connectivity index (χ1) is 10.0. The van der Waals surface area contributed by atoms with Crippen LogP contribution in [0.5, 0.6) is 0 Å². The van der Waals surface area contributed by atoms with E-state index in [2.05, 4.69) is 34.3 Å². The second-order valence-corrected chi connectivity index (χ2v) is 5.24. The summed E-state index contributed by atoms with van der Waals surface area (Å²) in [5.41, 5.74) is 1.37. The lowest BCUT2D eigenvalue weighted by molar-refractivity contribution is 0.102. The fraction of sp³-hybridized carbons (Fsp3) is 0.400. The summed E-state index contributed by atoms with van der Waals surface area (Å²) in [5, 5.41) is 9.62. The summed E-state index contributed by atoms with van der Waals surface area (Å²) < 4.78 is 0. The zero-order chi connectivity index (χ0) is 15.4. The second-order valence-electron chi connectivity index (χ2n) is 5.24. The highest BCUT2D eigenvalue weighted by Gasteiger charge is 2.14. The van der Waals surface area contributed by atoms with Gasteiger partial charge < -0.3 is 10.3 Å². The first-order valence-electron chi connectivity index (χ1n) is 7.07. The number of carbonyl (C=O) groups excluding carboxylic acids is 1. The standard InChI is InChI=1S/C15H20N4O2/c1-4-5-9(2)12-8-13(19-18-12)17-15(21)11-7-6-10(3)16-14(11)20/h6-9H,4-5H2,1-3H3,(H,16,20)(H2,17,18,19,21). The molecule has 2 aromatic rings. The van der Waals surface area contributed by atoms with Crippen molar-refractivity contribution in [2.75, 3.05) is 5.32 Å². The summed E-state index contributed by atoms with van der Waals surface area (Å²) in [6.07, 6.45) is 2.13. The van der Waals surface area contributed by atoms with Gasteiger partial charge in [-0.1, -0.05) is 20.3 Å². The van der Waals surface area contributed by atoms with E-state index in [-0.39, 0.29) is 5.56 Å². The van der Waals surface area contributed by atoms with Crippen molar-refractivity contribution < 1.29 is 4.79 Å². The Kier molecular flexibility index (Phi) is 4.57. The SMILES string of the molecule is CCCC(C)c1cc(NC(=O)c2ccc(C)[nH]c2=O)n[nH]1. The Bertz CT molecular complexity index is 687. The van der Waals surface area contributed by atoms with Crippen molar-refractivity contribution in [3.63, 3.8) is 0 Å². The minimum absolute atomic E-state index is 0.0757. The number of nitrogens with one attached hydrogen (secondary N) is 3. The molecule has 0 saturated carbocycles. The van der Waals surface area contributed by atoms with E-state index in [1.165, 1.54) is 6.07 Å². The number of carbonyl (C=O) groups is 1. The smallest absolute Gasteiger partial charge is 0.262 e. The first kappa shape index (κ1) is 15.0. The van der Waals surface area contributed by atoms with E-state index < -0.39 is 11.5 Å². The molecule has 112 valence electrons. The Morgan fingerprint density at radius 3 is 2.86 bits per heavy atom. The van der Waals surface area contributed by atoms with Crippen molar-refractivity contribution in [3.8, 4) is 0 Å². The summed E-state index contributed by atoms with van der Waals surface area (Å²) in [6.45, 7) is 5.99. The van der Waals surface area contributed by atoms with Crippen molar-refractivity contribution in [1.29, 1.82) is 0 Å².